The van der Waals surface area contributed by atoms with Crippen LogP contribution in [0, 0.1) is 11.6 Å². The minimum Gasteiger partial charge on any atom is -0.454 e. The first-order chi connectivity index (χ1) is 11.6. The molecule has 0 spiro atoms. The zero-order valence-electron chi connectivity index (χ0n) is 13.1. The van der Waals surface area contributed by atoms with Gasteiger partial charge in [0.25, 0.3) is 0 Å². The van der Waals surface area contributed by atoms with Gasteiger partial charge in [0, 0.05) is 25.0 Å². The molecule has 0 unspecified atom stereocenters. The lowest BCUT2D eigenvalue weighted by atomic mass is 10.1. The fourth-order valence-electron chi connectivity index (χ4n) is 2.23. The first-order valence-corrected chi connectivity index (χ1v) is 7.47. The van der Waals surface area contributed by atoms with Crippen LogP contribution in [0.1, 0.15) is 12.5 Å². The van der Waals surface area contributed by atoms with Crippen molar-refractivity contribution in [1.29, 1.82) is 0 Å². The van der Waals surface area contributed by atoms with E-state index in [0.717, 1.165) is 29.8 Å². The predicted molar refractivity (Wildman–Crippen MR) is 88.8 cm³/mol. The van der Waals surface area contributed by atoms with Crippen LogP contribution in [0.25, 0.3) is 5.57 Å². The molecule has 3 nitrogen and oxygen atoms in total. The Balaban J connectivity index is 1.69. The first-order valence-electron chi connectivity index (χ1n) is 7.47. The third-order valence-electron chi connectivity index (χ3n) is 3.60. The second kappa shape index (κ2) is 7.08. The number of hydrogen-bond acceptors (Lipinski definition) is 2. The first kappa shape index (κ1) is 15.9. The summed E-state index contributed by atoms with van der Waals surface area (Å²) in [6.07, 6.45) is 7.50. The van der Waals surface area contributed by atoms with Crippen LogP contribution in [-0.2, 0) is 6.54 Å². The topological polar surface area (TPSA) is 27.1 Å². The maximum Gasteiger partial charge on any atom is 0.168 e. The average Bonchev–Trinajstić information content (AvgIpc) is 3.09. The number of benzene rings is 2. The van der Waals surface area contributed by atoms with Gasteiger partial charge in [0.15, 0.2) is 11.6 Å². The van der Waals surface area contributed by atoms with Crippen molar-refractivity contribution in [1.82, 2.24) is 9.55 Å². The van der Waals surface area contributed by atoms with Crippen molar-refractivity contribution < 1.29 is 13.5 Å². The quantitative estimate of drug-likeness (QED) is 0.655. The number of allylic oxidation sites excluding steroid dienone is 2. The number of aromatic nitrogens is 2. The molecule has 0 radical (unpaired) electrons. The van der Waals surface area contributed by atoms with Crippen LogP contribution in [0.4, 0.5) is 8.78 Å². The molecule has 2 aromatic carbocycles. The molecular formula is C19H16F2N2O. The Bertz CT molecular complexity index is 840. The van der Waals surface area contributed by atoms with Crippen LogP contribution in [0.2, 0.25) is 0 Å². The number of rotatable bonds is 5. The molecule has 0 N–H and O–H groups in total. The molecule has 0 atom stereocenters. The summed E-state index contributed by atoms with van der Waals surface area (Å²) in [6, 6.07) is 10.5. The van der Waals surface area contributed by atoms with E-state index in [4.69, 9.17) is 4.74 Å². The summed E-state index contributed by atoms with van der Waals surface area (Å²) in [5, 5.41) is 0. The van der Waals surface area contributed by atoms with Crippen LogP contribution in [0.15, 0.2) is 67.3 Å². The molecule has 0 fully saturated rings. The third-order valence-corrected chi connectivity index (χ3v) is 3.60. The summed E-state index contributed by atoms with van der Waals surface area (Å²) < 4.78 is 33.9. The fraction of sp³-hybridized carbons (Fsp3) is 0.105. The highest BCUT2D eigenvalue weighted by molar-refractivity contribution is 5.64. The predicted octanol–water partition coefficient (Wildman–Crippen LogP) is 5.06. The lowest BCUT2D eigenvalue weighted by molar-refractivity contribution is 0.437. The van der Waals surface area contributed by atoms with E-state index < -0.39 is 11.6 Å². The highest BCUT2D eigenvalue weighted by atomic mass is 19.1. The average molecular weight is 326 g/mol. The van der Waals surface area contributed by atoms with E-state index in [0.29, 0.717) is 5.75 Å². The van der Waals surface area contributed by atoms with E-state index in [1.165, 1.54) is 6.07 Å². The molecule has 24 heavy (non-hydrogen) atoms. The second-order valence-corrected chi connectivity index (χ2v) is 5.35. The van der Waals surface area contributed by atoms with Gasteiger partial charge in [0.1, 0.15) is 11.6 Å². The van der Waals surface area contributed by atoms with Crippen LogP contribution < -0.4 is 4.74 Å². The Kier molecular flexibility index (Phi) is 4.70. The largest absolute Gasteiger partial charge is 0.454 e. The highest BCUT2D eigenvalue weighted by Gasteiger charge is 2.06. The number of nitrogens with zero attached hydrogens (tertiary/aromatic N) is 2. The van der Waals surface area contributed by atoms with Gasteiger partial charge in [-0.3, -0.25) is 0 Å². The van der Waals surface area contributed by atoms with E-state index in [9.17, 15) is 8.78 Å². The van der Waals surface area contributed by atoms with Crippen LogP contribution >= 0.6 is 0 Å². The van der Waals surface area contributed by atoms with Crippen molar-refractivity contribution in [2.75, 3.05) is 0 Å². The third kappa shape index (κ3) is 3.87. The second-order valence-electron chi connectivity index (χ2n) is 5.35. The maximum atomic E-state index is 13.6. The monoisotopic (exact) mass is 326 g/mol. The lowest BCUT2D eigenvalue weighted by Gasteiger charge is -2.08. The van der Waals surface area contributed by atoms with Gasteiger partial charge in [-0.05, 0) is 42.3 Å². The van der Waals surface area contributed by atoms with E-state index >= 15 is 0 Å². The summed E-state index contributed by atoms with van der Waals surface area (Å²) >= 11 is 0. The number of imidazole rings is 1. The van der Waals surface area contributed by atoms with Gasteiger partial charge in [0.2, 0.25) is 0 Å². The molecule has 0 amide bonds. The molecule has 0 aliphatic carbocycles. The van der Waals surface area contributed by atoms with Gasteiger partial charge < -0.3 is 9.30 Å². The summed E-state index contributed by atoms with van der Waals surface area (Å²) in [4.78, 5) is 4.00. The van der Waals surface area contributed by atoms with E-state index in [2.05, 4.69) is 11.1 Å². The SMILES string of the molecule is CC(=CCn1ccnc1)c1ccc(Oc2ccc(F)cc2F)cc1. The fourth-order valence-corrected chi connectivity index (χ4v) is 2.23. The highest BCUT2D eigenvalue weighted by Crippen LogP contribution is 2.26. The van der Waals surface area contributed by atoms with Crippen molar-refractivity contribution in [2.24, 2.45) is 0 Å². The number of ether oxygens (including phenoxy) is 1. The standard InChI is InChI=1S/C19H16F2N2O/c1-14(8-10-23-11-9-22-13-23)15-2-5-17(6-3-15)24-19-7-4-16(20)12-18(19)21/h2-9,11-13H,10H2,1H3. The van der Waals surface area contributed by atoms with Gasteiger partial charge in [-0.2, -0.15) is 0 Å². The minimum atomic E-state index is -0.726. The van der Waals surface area contributed by atoms with Gasteiger partial charge in [-0.25, -0.2) is 13.8 Å². The molecule has 0 aliphatic rings. The number of hydrogen-bond donors (Lipinski definition) is 0. The number of halogens is 2. The molecule has 3 aromatic rings. The van der Waals surface area contributed by atoms with Crippen molar-refractivity contribution in [2.45, 2.75) is 13.5 Å². The molecule has 0 aliphatic heterocycles. The summed E-state index contributed by atoms with van der Waals surface area (Å²) in [5.74, 6) is -0.868. The lowest BCUT2D eigenvalue weighted by Crippen LogP contribution is -1.92. The molecule has 1 aromatic heterocycles. The molecule has 1 heterocycles. The zero-order chi connectivity index (χ0) is 16.9. The summed E-state index contributed by atoms with van der Waals surface area (Å²) in [7, 11) is 0. The Morgan fingerprint density at radius 2 is 1.96 bits per heavy atom. The van der Waals surface area contributed by atoms with E-state index in [1.54, 1.807) is 24.7 Å². The van der Waals surface area contributed by atoms with Gasteiger partial charge >= 0.3 is 0 Å². The van der Waals surface area contributed by atoms with Gasteiger partial charge in [-0.1, -0.05) is 18.2 Å². The molecule has 0 saturated carbocycles. The van der Waals surface area contributed by atoms with E-state index in [1.807, 2.05) is 29.8 Å². The zero-order valence-corrected chi connectivity index (χ0v) is 13.1. The maximum absolute atomic E-state index is 13.6. The van der Waals surface area contributed by atoms with Crippen molar-refractivity contribution in [3.05, 3.63) is 84.5 Å². The normalized spacial score (nSPS) is 11.5. The Morgan fingerprint density at radius 3 is 2.62 bits per heavy atom. The smallest absolute Gasteiger partial charge is 0.168 e. The Labute approximate surface area is 138 Å². The Morgan fingerprint density at radius 1 is 1.17 bits per heavy atom. The molecule has 0 bridgehead atoms. The van der Waals surface area contributed by atoms with Crippen LogP contribution in [0.3, 0.4) is 0 Å². The van der Waals surface area contributed by atoms with Crippen molar-refractivity contribution in [3.8, 4) is 11.5 Å². The summed E-state index contributed by atoms with van der Waals surface area (Å²) in [5.41, 5.74) is 2.16. The van der Waals surface area contributed by atoms with Gasteiger partial charge in [-0.15, -0.1) is 0 Å². The Hall–Kier alpha value is -2.95. The van der Waals surface area contributed by atoms with Crippen LogP contribution in [0.5, 0.6) is 11.5 Å². The molecule has 5 heteroatoms. The summed E-state index contributed by atoms with van der Waals surface area (Å²) in [6.45, 7) is 2.76. The molecule has 122 valence electrons. The minimum absolute atomic E-state index is 0.00322. The molecule has 3 rings (SSSR count). The molecule has 0 saturated heterocycles. The molecular weight excluding hydrogens is 310 g/mol. The van der Waals surface area contributed by atoms with E-state index in [-0.39, 0.29) is 5.75 Å². The van der Waals surface area contributed by atoms with Crippen molar-refractivity contribution >= 4 is 5.57 Å². The van der Waals surface area contributed by atoms with Crippen LogP contribution in [-0.4, -0.2) is 9.55 Å². The van der Waals surface area contributed by atoms with Crippen molar-refractivity contribution in [3.63, 3.8) is 0 Å². The van der Waals surface area contributed by atoms with Gasteiger partial charge in [0.05, 0.1) is 6.33 Å².